The van der Waals surface area contributed by atoms with Gasteiger partial charge in [-0.15, -0.1) is 11.3 Å². The van der Waals surface area contributed by atoms with E-state index in [1.807, 2.05) is 7.05 Å². The molecule has 0 bridgehead atoms. The van der Waals surface area contributed by atoms with E-state index in [4.69, 9.17) is 0 Å². The molecule has 2 N–H and O–H groups in total. The zero-order chi connectivity index (χ0) is 15.9. The summed E-state index contributed by atoms with van der Waals surface area (Å²) in [4.78, 5) is 8.98. The Bertz CT molecular complexity index is 481. The monoisotopic (exact) mass is 322 g/mol. The molecule has 1 fully saturated rings. The minimum absolute atomic E-state index is 0.496. The summed E-state index contributed by atoms with van der Waals surface area (Å²) in [5.41, 5.74) is 1.18. The first-order valence-corrected chi connectivity index (χ1v) is 9.37. The molecule has 1 aliphatic carbocycles. The van der Waals surface area contributed by atoms with Crippen molar-refractivity contribution in [3.05, 3.63) is 16.1 Å². The molecule has 2 rings (SSSR count). The highest BCUT2D eigenvalue weighted by Crippen LogP contribution is 2.28. The van der Waals surface area contributed by atoms with E-state index in [2.05, 4.69) is 46.8 Å². The summed E-state index contributed by atoms with van der Waals surface area (Å²) < 4.78 is 0. The Hall–Kier alpha value is -1.10. The van der Waals surface area contributed by atoms with Crippen LogP contribution in [0.2, 0.25) is 0 Å². The molecule has 1 aliphatic rings. The first kappa shape index (κ1) is 17.3. The van der Waals surface area contributed by atoms with Gasteiger partial charge in [-0.1, -0.05) is 40.0 Å². The van der Waals surface area contributed by atoms with Gasteiger partial charge in [0.1, 0.15) is 5.01 Å². The van der Waals surface area contributed by atoms with Crippen LogP contribution in [0.15, 0.2) is 10.4 Å². The van der Waals surface area contributed by atoms with Gasteiger partial charge in [0.05, 0.1) is 12.2 Å². The lowest BCUT2D eigenvalue weighted by Gasteiger charge is -2.29. The van der Waals surface area contributed by atoms with Crippen LogP contribution >= 0.6 is 11.3 Å². The highest BCUT2D eigenvalue weighted by molar-refractivity contribution is 7.09. The Labute approximate surface area is 138 Å². The number of nitrogens with zero attached hydrogens (tertiary/aromatic N) is 2. The number of aliphatic imine (C=N–C) groups is 1. The summed E-state index contributed by atoms with van der Waals surface area (Å²) in [6.45, 7) is 8.51. The number of nitrogens with one attached hydrogen (secondary N) is 2. The van der Waals surface area contributed by atoms with Gasteiger partial charge in [0.2, 0.25) is 0 Å². The fourth-order valence-electron chi connectivity index (χ4n) is 2.98. The van der Waals surface area contributed by atoms with Crippen molar-refractivity contribution >= 4 is 17.3 Å². The molecule has 0 spiro atoms. The molecule has 22 heavy (non-hydrogen) atoms. The van der Waals surface area contributed by atoms with Crippen LogP contribution < -0.4 is 10.6 Å². The van der Waals surface area contributed by atoms with Gasteiger partial charge in [-0.3, -0.25) is 4.99 Å². The van der Waals surface area contributed by atoms with Gasteiger partial charge >= 0.3 is 0 Å². The van der Waals surface area contributed by atoms with Crippen LogP contribution in [0.1, 0.15) is 63.1 Å². The molecule has 124 valence electrons. The van der Waals surface area contributed by atoms with Crippen LogP contribution in [0.25, 0.3) is 0 Å². The second kappa shape index (κ2) is 8.51. The highest BCUT2D eigenvalue weighted by atomic mass is 32.1. The number of hydrogen-bond donors (Lipinski definition) is 2. The number of aromatic nitrogens is 1. The molecular formula is C17H30N4S. The van der Waals surface area contributed by atoms with Crippen molar-refractivity contribution in [2.45, 2.75) is 58.9 Å². The molecule has 0 aromatic carbocycles. The van der Waals surface area contributed by atoms with Crippen molar-refractivity contribution in [1.82, 2.24) is 15.6 Å². The summed E-state index contributed by atoms with van der Waals surface area (Å²) in [6, 6.07) is 0. The summed E-state index contributed by atoms with van der Waals surface area (Å²) >= 11 is 1.72. The lowest BCUT2D eigenvalue weighted by atomic mass is 9.80. The van der Waals surface area contributed by atoms with Gasteiger partial charge in [0, 0.05) is 19.0 Å². The second-order valence-electron chi connectivity index (χ2n) is 6.65. The lowest BCUT2D eigenvalue weighted by Crippen LogP contribution is -2.41. The van der Waals surface area contributed by atoms with Crippen LogP contribution in [0, 0.1) is 11.8 Å². The van der Waals surface area contributed by atoms with Crippen molar-refractivity contribution < 1.29 is 0 Å². The van der Waals surface area contributed by atoms with E-state index in [1.54, 1.807) is 11.3 Å². The SMILES string of the molecule is CN=C(NCc1nc(C(C)C)cs1)NCC1CCCCC1C. The molecule has 4 nitrogen and oxygen atoms in total. The van der Waals surface area contributed by atoms with Crippen LogP contribution in [0.5, 0.6) is 0 Å². The summed E-state index contributed by atoms with van der Waals surface area (Å²) in [5.74, 6) is 2.99. The average molecular weight is 323 g/mol. The maximum Gasteiger partial charge on any atom is 0.191 e. The Morgan fingerprint density at radius 3 is 2.77 bits per heavy atom. The maximum atomic E-state index is 4.65. The standard InChI is InChI=1S/C17H30N4S/c1-12(2)15-11-22-16(21-15)10-20-17(18-4)19-9-14-8-6-5-7-13(14)3/h11-14H,5-10H2,1-4H3,(H2,18,19,20). The predicted octanol–water partition coefficient (Wildman–Crippen LogP) is 3.76. The minimum Gasteiger partial charge on any atom is -0.356 e. The molecule has 2 atom stereocenters. The van der Waals surface area contributed by atoms with E-state index in [1.165, 1.54) is 31.4 Å². The summed E-state index contributed by atoms with van der Waals surface area (Å²) in [7, 11) is 1.83. The van der Waals surface area contributed by atoms with Gasteiger partial charge in [-0.25, -0.2) is 4.98 Å². The van der Waals surface area contributed by atoms with Crippen molar-refractivity contribution in [3.8, 4) is 0 Å². The number of hydrogen-bond acceptors (Lipinski definition) is 3. The van der Waals surface area contributed by atoms with E-state index in [0.717, 1.165) is 35.9 Å². The number of guanidine groups is 1. The molecule has 1 aromatic heterocycles. The first-order chi connectivity index (χ1) is 10.6. The quantitative estimate of drug-likeness (QED) is 0.641. The minimum atomic E-state index is 0.496. The van der Waals surface area contributed by atoms with Crippen molar-refractivity contribution in [2.75, 3.05) is 13.6 Å². The molecule has 0 aliphatic heterocycles. The lowest BCUT2D eigenvalue weighted by molar-refractivity contribution is 0.256. The molecule has 1 aromatic rings. The molecule has 1 heterocycles. The van der Waals surface area contributed by atoms with E-state index in [9.17, 15) is 0 Å². The summed E-state index contributed by atoms with van der Waals surface area (Å²) in [6.07, 6.45) is 5.48. The summed E-state index contributed by atoms with van der Waals surface area (Å²) in [5, 5.41) is 10.1. The second-order valence-corrected chi connectivity index (χ2v) is 7.59. The normalized spacial score (nSPS) is 22.9. The number of rotatable bonds is 5. The molecule has 5 heteroatoms. The van der Waals surface area contributed by atoms with Gasteiger partial charge in [-0.2, -0.15) is 0 Å². The van der Waals surface area contributed by atoms with E-state index in [0.29, 0.717) is 5.92 Å². The Kier molecular flexibility index (Phi) is 6.68. The molecule has 0 saturated heterocycles. The molecule has 1 saturated carbocycles. The van der Waals surface area contributed by atoms with E-state index >= 15 is 0 Å². The fourth-order valence-corrected chi connectivity index (χ4v) is 3.87. The van der Waals surface area contributed by atoms with E-state index in [-0.39, 0.29) is 0 Å². The van der Waals surface area contributed by atoms with Gasteiger partial charge in [-0.05, 0) is 24.2 Å². The Morgan fingerprint density at radius 1 is 1.36 bits per heavy atom. The van der Waals surface area contributed by atoms with E-state index < -0.39 is 0 Å². The third kappa shape index (κ3) is 4.97. The Balaban J connectivity index is 1.77. The molecule has 0 amide bonds. The van der Waals surface area contributed by atoms with Crippen LogP contribution in [0.4, 0.5) is 0 Å². The van der Waals surface area contributed by atoms with Gasteiger partial charge in [0.15, 0.2) is 5.96 Å². The molecular weight excluding hydrogens is 292 g/mol. The molecule has 0 radical (unpaired) electrons. The van der Waals surface area contributed by atoms with Crippen LogP contribution in [-0.2, 0) is 6.54 Å². The van der Waals surface area contributed by atoms with Crippen LogP contribution in [-0.4, -0.2) is 24.5 Å². The first-order valence-electron chi connectivity index (χ1n) is 8.49. The topological polar surface area (TPSA) is 49.3 Å². The van der Waals surface area contributed by atoms with Gasteiger partial charge < -0.3 is 10.6 Å². The molecule has 2 unspecified atom stereocenters. The number of thiazole rings is 1. The average Bonchev–Trinajstić information content (AvgIpc) is 2.98. The smallest absolute Gasteiger partial charge is 0.191 e. The van der Waals surface area contributed by atoms with Crippen LogP contribution in [0.3, 0.4) is 0 Å². The van der Waals surface area contributed by atoms with Crippen molar-refractivity contribution in [2.24, 2.45) is 16.8 Å². The van der Waals surface area contributed by atoms with Crippen molar-refractivity contribution in [1.29, 1.82) is 0 Å². The third-order valence-corrected chi connectivity index (χ3v) is 5.48. The fraction of sp³-hybridized carbons (Fsp3) is 0.765. The largest absolute Gasteiger partial charge is 0.356 e. The zero-order valence-corrected chi connectivity index (χ0v) is 15.2. The maximum absolute atomic E-state index is 4.65. The zero-order valence-electron chi connectivity index (χ0n) is 14.4. The van der Waals surface area contributed by atoms with Gasteiger partial charge in [0.25, 0.3) is 0 Å². The predicted molar refractivity (Wildman–Crippen MR) is 95.5 cm³/mol. The van der Waals surface area contributed by atoms with Crippen molar-refractivity contribution in [3.63, 3.8) is 0 Å². The Morgan fingerprint density at radius 2 is 2.14 bits per heavy atom. The third-order valence-electron chi connectivity index (χ3n) is 4.61. The highest BCUT2D eigenvalue weighted by Gasteiger charge is 2.21.